The molecular weight excluding hydrogens is 490 g/mol. The van der Waals surface area contributed by atoms with Gasteiger partial charge in [-0.15, -0.1) is 0 Å². The number of ether oxygens (including phenoxy) is 2. The summed E-state index contributed by atoms with van der Waals surface area (Å²) in [6, 6.07) is 19.6. The zero-order chi connectivity index (χ0) is 26.7. The van der Waals surface area contributed by atoms with Gasteiger partial charge in [0.1, 0.15) is 18.1 Å². The Morgan fingerprint density at radius 2 is 1.50 bits per heavy atom. The molecule has 0 aliphatic heterocycles. The summed E-state index contributed by atoms with van der Waals surface area (Å²) in [5.41, 5.74) is 0.386. The van der Waals surface area contributed by atoms with Gasteiger partial charge in [0.05, 0.1) is 4.92 Å². The lowest BCUT2D eigenvalue weighted by atomic mass is 10.1. The van der Waals surface area contributed by atoms with Crippen molar-refractivity contribution in [2.75, 3.05) is 0 Å². The van der Waals surface area contributed by atoms with Crippen LogP contribution in [0.2, 0.25) is 5.02 Å². The van der Waals surface area contributed by atoms with Crippen LogP contribution in [0.4, 0.5) is 5.69 Å². The second kappa shape index (κ2) is 12.9. The molecule has 0 atom stereocenters. The van der Waals surface area contributed by atoms with E-state index in [0.717, 1.165) is 17.2 Å². The van der Waals surface area contributed by atoms with E-state index < -0.39 is 22.5 Å². The highest BCUT2D eigenvalue weighted by molar-refractivity contribution is 6.30. The Morgan fingerprint density at radius 3 is 2.00 bits per heavy atom. The van der Waals surface area contributed by atoms with Gasteiger partial charge in [-0.05, 0) is 79.6 Å². The minimum Gasteiger partial charge on any atom is -0.489 e. The first-order chi connectivity index (χ1) is 17.0. The number of benzene rings is 3. The Balaban J connectivity index is 0.000000281. The van der Waals surface area contributed by atoms with E-state index in [1.807, 2.05) is 0 Å². The highest BCUT2D eigenvalue weighted by atomic mass is 35.5. The number of hydrogen-bond donors (Lipinski definition) is 2. The van der Waals surface area contributed by atoms with Gasteiger partial charge in [-0.1, -0.05) is 23.7 Å². The second-order valence-electron chi connectivity index (χ2n) is 7.82. The number of hydrogen-bond acceptors (Lipinski definition) is 6. The number of halogens is 1. The van der Waals surface area contributed by atoms with Gasteiger partial charge in [0.25, 0.3) is 5.69 Å². The van der Waals surface area contributed by atoms with Crippen LogP contribution in [0.1, 0.15) is 25.0 Å². The van der Waals surface area contributed by atoms with Gasteiger partial charge >= 0.3 is 11.9 Å². The van der Waals surface area contributed by atoms with Crippen molar-refractivity contribution in [3.05, 3.63) is 105 Å². The van der Waals surface area contributed by atoms with Crippen molar-refractivity contribution in [1.29, 1.82) is 0 Å². The molecule has 9 nitrogen and oxygen atoms in total. The van der Waals surface area contributed by atoms with Crippen LogP contribution in [0.5, 0.6) is 11.5 Å². The maximum atomic E-state index is 10.7. The Labute approximate surface area is 212 Å². The SMILES string of the molecule is CC(C)(Oc1ccc(Cl)cc1)C(=O)O.O=C(O)C=Cc1ccc(OCc2ccc([N+](=O)[O-])cc2)cc1. The molecule has 2 N–H and O–H groups in total. The first kappa shape index (κ1) is 27.9. The van der Waals surface area contributed by atoms with Crippen LogP contribution in [-0.2, 0) is 16.2 Å². The fourth-order valence-corrected chi connectivity index (χ4v) is 2.69. The summed E-state index contributed by atoms with van der Waals surface area (Å²) in [5.74, 6) is -0.890. The number of aliphatic carboxylic acids is 2. The number of rotatable bonds is 9. The Kier molecular flexibility index (Phi) is 10.00. The third-order valence-corrected chi connectivity index (χ3v) is 4.80. The van der Waals surface area contributed by atoms with Gasteiger partial charge in [-0.25, -0.2) is 9.59 Å². The number of carbonyl (C=O) groups is 2. The van der Waals surface area contributed by atoms with E-state index >= 15 is 0 Å². The zero-order valence-corrected chi connectivity index (χ0v) is 20.2. The van der Waals surface area contributed by atoms with E-state index in [0.29, 0.717) is 23.1 Å². The monoisotopic (exact) mass is 513 g/mol. The molecule has 0 saturated carbocycles. The van der Waals surface area contributed by atoms with Crippen molar-refractivity contribution in [2.24, 2.45) is 0 Å². The number of carboxylic acid groups (broad SMARTS) is 2. The summed E-state index contributed by atoms with van der Waals surface area (Å²) in [5, 5.41) is 28.5. The standard InChI is InChI=1S/C16H13NO5.C10H11ClO3/c18-16(19)10-5-12-3-8-15(9-4-12)22-11-13-1-6-14(7-2-13)17(20)21;1-10(2,9(12)13)14-8-5-3-7(11)4-6-8/h1-10H,11H2,(H,18,19);3-6H,1-2H3,(H,12,13). The molecule has 0 spiro atoms. The number of nitro benzene ring substituents is 1. The van der Waals surface area contributed by atoms with Gasteiger partial charge in [0.2, 0.25) is 0 Å². The summed E-state index contributed by atoms with van der Waals surface area (Å²) in [7, 11) is 0. The molecule has 3 aromatic carbocycles. The third kappa shape index (κ3) is 9.47. The van der Waals surface area contributed by atoms with Crippen molar-refractivity contribution in [1.82, 2.24) is 0 Å². The predicted molar refractivity (Wildman–Crippen MR) is 134 cm³/mol. The van der Waals surface area contributed by atoms with Gasteiger partial charge < -0.3 is 19.7 Å². The van der Waals surface area contributed by atoms with Crippen LogP contribution in [-0.4, -0.2) is 32.7 Å². The molecule has 0 heterocycles. The summed E-state index contributed by atoms with van der Waals surface area (Å²) in [4.78, 5) is 31.3. The summed E-state index contributed by atoms with van der Waals surface area (Å²) in [6.07, 6.45) is 2.55. The largest absolute Gasteiger partial charge is 0.489 e. The quantitative estimate of drug-likeness (QED) is 0.206. The van der Waals surface area contributed by atoms with E-state index in [-0.39, 0.29) is 5.69 Å². The van der Waals surface area contributed by atoms with Crippen LogP contribution in [0.15, 0.2) is 78.9 Å². The van der Waals surface area contributed by atoms with Crippen LogP contribution < -0.4 is 9.47 Å². The second-order valence-corrected chi connectivity index (χ2v) is 8.26. The normalized spacial score (nSPS) is 10.8. The molecule has 0 amide bonds. The number of carboxylic acids is 2. The summed E-state index contributed by atoms with van der Waals surface area (Å²) >= 11 is 5.67. The third-order valence-electron chi connectivity index (χ3n) is 4.55. The lowest BCUT2D eigenvalue weighted by Gasteiger charge is -2.21. The maximum absolute atomic E-state index is 10.7. The Hall–Kier alpha value is -4.37. The van der Waals surface area contributed by atoms with Crippen LogP contribution in [0, 0.1) is 10.1 Å². The van der Waals surface area contributed by atoms with E-state index in [9.17, 15) is 19.7 Å². The van der Waals surface area contributed by atoms with E-state index in [4.69, 9.17) is 31.3 Å². The molecule has 0 radical (unpaired) electrons. The van der Waals surface area contributed by atoms with Crippen LogP contribution >= 0.6 is 11.6 Å². The van der Waals surface area contributed by atoms with Crippen molar-refractivity contribution < 1.29 is 34.2 Å². The molecule has 0 bridgehead atoms. The highest BCUT2D eigenvalue weighted by Gasteiger charge is 2.29. The molecule has 3 rings (SSSR count). The fraction of sp³-hybridized carbons (Fsp3) is 0.154. The van der Waals surface area contributed by atoms with Gasteiger partial charge in [0, 0.05) is 23.2 Å². The fourth-order valence-electron chi connectivity index (χ4n) is 2.56. The average Bonchev–Trinajstić information content (AvgIpc) is 2.84. The molecule has 188 valence electrons. The minimum absolute atomic E-state index is 0.0401. The molecular formula is C26H24ClNO8. The zero-order valence-electron chi connectivity index (χ0n) is 19.5. The van der Waals surface area contributed by atoms with E-state index in [2.05, 4.69) is 0 Å². The van der Waals surface area contributed by atoms with Gasteiger partial charge in [-0.3, -0.25) is 10.1 Å². The molecule has 36 heavy (non-hydrogen) atoms. The van der Waals surface area contributed by atoms with Crippen LogP contribution in [0.3, 0.4) is 0 Å². The molecule has 0 fully saturated rings. The minimum atomic E-state index is -1.23. The summed E-state index contributed by atoms with van der Waals surface area (Å²) in [6.45, 7) is 3.27. The van der Waals surface area contributed by atoms with Crippen LogP contribution in [0.25, 0.3) is 6.08 Å². The molecule has 0 saturated heterocycles. The predicted octanol–water partition coefficient (Wildman–Crippen LogP) is 5.85. The lowest BCUT2D eigenvalue weighted by molar-refractivity contribution is -0.384. The molecule has 3 aromatic rings. The molecule has 0 aliphatic carbocycles. The van der Waals surface area contributed by atoms with E-state index in [1.54, 1.807) is 60.7 Å². The molecule has 0 aromatic heterocycles. The van der Waals surface area contributed by atoms with E-state index in [1.165, 1.54) is 32.1 Å². The van der Waals surface area contributed by atoms with Gasteiger partial charge in [-0.2, -0.15) is 0 Å². The molecule has 0 unspecified atom stereocenters. The Morgan fingerprint density at radius 1 is 0.944 bits per heavy atom. The van der Waals surface area contributed by atoms with Gasteiger partial charge in [0.15, 0.2) is 5.60 Å². The first-order valence-electron chi connectivity index (χ1n) is 10.5. The number of non-ortho nitro benzene ring substituents is 1. The Bertz CT molecular complexity index is 1200. The maximum Gasteiger partial charge on any atom is 0.347 e. The van der Waals surface area contributed by atoms with Crippen molar-refractivity contribution in [2.45, 2.75) is 26.1 Å². The lowest BCUT2D eigenvalue weighted by Crippen LogP contribution is -2.37. The summed E-state index contributed by atoms with van der Waals surface area (Å²) < 4.78 is 10.8. The smallest absolute Gasteiger partial charge is 0.347 e. The highest BCUT2D eigenvalue weighted by Crippen LogP contribution is 2.21. The number of nitro groups is 1. The molecule has 0 aliphatic rings. The van der Waals surface area contributed by atoms with Crippen molar-refractivity contribution in [3.8, 4) is 11.5 Å². The number of nitrogens with zero attached hydrogens (tertiary/aromatic N) is 1. The first-order valence-corrected chi connectivity index (χ1v) is 10.9. The van der Waals surface area contributed by atoms with Crippen molar-refractivity contribution in [3.63, 3.8) is 0 Å². The average molecular weight is 514 g/mol. The topological polar surface area (TPSA) is 136 Å². The van der Waals surface area contributed by atoms with Crippen molar-refractivity contribution >= 4 is 35.3 Å². The molecule has 10 heteroatoms.